The van der Waals surface area contributed by atoms with Crippen molar-refractivity contribution in [1.29, 1.82) is 0 Å². The third kappa shape index (κ3) is 4.26. The number of aromatic nitrogens is 1. The Morgan fingerprint density at radius 3 is 1.93 bits per heavy atom. The lowest BCUT2D eigenvalue weighted by Crippen LogP contribution is -2.31. The molecule has 0 radical (unpaired) electrons. The van der Waals surface area contributed by atoms with E-state index in [9.17, 15) is 8.42 Å². The Balaban J connectivity index is 1.72. The lowest BCUT2D eigenvalue weighted by molar-refractivity contribution is 0.556. The molecule has 0 atom stereocenters. The zero-order valence-electron chi connectivity index (χ0n) is 16.6. The number of aryl methyl sites for hydroxylation is 1. The fourth-order valence-corrected chi connectivity index (χ4v) is 4.29. The fourth-order valence-electron chi connectivity index (χ4n) is 3.22. The van der Waals surface area contributed by atoms with E-state index < -0.39 is 14.6 Å². The number of nitrogens with zero attached hydrogens (tertiary/aromatic N) is 3. The first-order valence-corrected chi connectivity index (χ1v) is 10.9. The Hall–Kier alpha value is -2.08. The lowest BCUT2D eigenvalue weighted by atomic mass is 10.2. The third-order valence-electron chi connectivity index (χ3n) is 5.06. The molecule has 0 amide bonds. The summed E-state index contributed by atoms with van der Waals surface area (Å²) in [4.78, 5) is 8.96. The quantitative estimate of drug-likeness (QED) is 0.804. The van der Waals surface area contributed by atoms with Gasteiger partial charge in [-0.1, -0.05) is 17.7 Å². The van der Waals surface area contributed by atoms with Crippen LogP contribution in [0.25, 0.3) is 0 Å². The molecule has 1 fully saturated rings. The molecule has 0 unspecified atom stereocenters. The molecule has 0 bridgehead atoms. The highest BCUT2D eigenvalue weighted by atomic mass is 32.2. The average Bonchev–Trinajstić information content (AvgIpc) is 2.88. The first-order chi connectivity index (χ1) is 12.7. The van der Waals surface area contributed by atoms with Gasteiger partial charge in [-0.3, -0.25) is 0 Å². The minimum Gasteiger partial charge on any atom is -0.370 e. The van der Waals surface area contributed by atoms with Crippen molar-refractivity contribution in [3.63, 3.8) is 0 Å². The first kappa shape index (κ1) is 19.7. The summed E-state index contributed by atoms with van der Waals surface area (Å²) in [5.74, 6) is 0. The van der Waals surface area contributed by atoms with E-state index in [0.29, 0.717) is 0 Å². The van der Waals surface area contributed by atoms with Crippen LogP contribution in [-0.4, -0.2) is 44.3 Å². The summed E-state index contributed by atoms with van der Waals surface area (Å²) in [5.41, 5.74) is 3.51. The van der Waals surface area contributed by atoms with Crippen molar-refractivity contribution < 1.29 is 8.42 Å². The summed E-state index contributed by atoms with van der Waals surface area (Å²) in [6.07, 6.45) is 2.75. The Bertz CT molecular complexity index is 869. The molecule has 0 spiro atoms. The van der Waals surface area contributed by atoms with Gasteiger partial charge in [-0.2, -0.15) is 0 Å². The van der Waals surface area contributed by atoms with Crippen LogP contribution in [0.1, 0.15) is 32.8 Å². The van der Waals surface area contributed by atoms with Crippen LogP contribution in [0, 0.1) is 6.92 Å². The van der Waals surface area contributed by atoms with Crippen molar-refractivity contribution >= 4 is 21.2 Å². The first-order valence-electron chi connectivity index (χ1n) is 9.46. The van der Waals surface area contributed by atoms with Crippen molar-refractivity contribution in [2.45, 2.75) is 43.9 Å². The van der Waals surface area contributed by atoms with Crippen LogP contribution >= 0.6 is 0 Å². The van der Waals surface area contributed by atoms with Crippen LogP contribution in [-0.2, 0) is 9.84 Å². The van der Waals surface area contributed by atoms with Crippen LogP contribution in [0.4, 0.5) is 11.4 Å². The number of hydrogen-bond donors (Lipinski definition) is 0. The van der Waals surface area contributed by atoms with Gasteiger partial charge in [0.2, 0.25) is 0 Å². The topological polar surface area (TPSA) is 53.5 Å². The number of pyridine rings is 1. The molecular formula is C21H29N3O2S. The molecule has 5 nitrogen and oxygen atoms in total. The standard InChI is InChI=1S/C21H29N3O2S/c1-17-6-8-18(9-7-17)23-12-5-13-24(15-14-23)19-10-11-20(22-16-19)27(25,26)21(2,3)4/h6-11,16H,5,12-15H2,1-4H3. The maximum Gasteiger partial charge on any atom is 0.200 e. The van der Waals surface area contributed by atoms with Crippen molar-refractivity contribution in [3.8, 4) is 0 Å². The molecule has 146 valence electrons. The number of anilines is 2. The number of rotatable bonds is 3. The molecule has 6 heteroatoms. The lowest BCUT2D eigenvalue weighted by Gasteiger charge is -2.25. The van der Waals surface area contributed by atoms with Crippen LogP contribution in [0.5, 0.6) is 0 Å². The van der Waals surface area contributed by atoms with E-state index in [1.807, 2.05) is 6.07 Å². The summed E-state index contributed by atoms with van der Waals surface area (Å²) in [6, 6.07) is 12.2. The fraction of sp³-hybridized carbons (Fsp3) is 0.476. The molecule has 3 rings (SSSR count). The van der Waals surface area contributed by atoms with Gasteiger partial charge in [0.15, 0.2) is 14.9 Å². The van der Waals surface area contributed by atoms with Crippen LogP contribution < -0.4 is 9.80 Å². The molecular weight excluding hydrogens is 358 g/mol. The predicted molar refractivity (Wildman–Crippen MR) is 111 cm³/mol. The normalized spacial score (nSPS) is 16.3. The summed E-state index contributed by atoms with van der Waals surface area (Å²) in [6.45, 7) is 11.0. The molecule has 1 aromatic carbocycles. The van der Waals surface area contributed by atoms with E-state index in [4.69, 9.17) is 0 Å². The van der Waals surface area contributed by atoms with E-state index in [0.717, 1.165) is 38.3 Å². The molecule has 2 heterocycles. The second-order valence-electron chi connectivity index (χ2n) is 8.13. The molecule has 1 aromatic heterocycles. The Morgan fingerprint density at radius 2 is 1.41 bits per heavy atom. The largest absolute Gasteiger partial charge is 0.370 e. The van der Waals surface area contributed by atoms with E-state index in [2.05, 4.69) is 46.0 Å². The summed E-state index contributed by atoms with van der Waals surface area (Å²) < 4.78 is 24.2. The number of sulfone groups is 1. The van der Waals surface area contributed by atoms with Gasteiger partial charge in [0.25, 0.3) is 0 Å². The average molecular weight is 388 g/mol. The van der Waals surface area contributed by atoms with Gasteiger partial charge in [0.1, 0.15) is 0 Å². The van der Waals surface area contributed by atoms with Gasteiger partial charge in [0, 0.05) is 31.9 Å². The molecule has 27 heavy (non-hydrogen) atoms. The van der Waals surface area contributed by atoms with Crippen molar-refractivity contribution in [2.75, 3.05) is 36.0 Å². The second-order valence-corrected chi connectivity index (χ2v) is 10.8. The van der Waals surface area contributed by atoms with Crippen LogP contribution in [0.2, 0.25) is 0 Å². The van der Waals surface area contributed by atoms with Crippen molar-refractivity contribution in [1.82, 2.24) is 4.98 Å². The minimum absolute atomic E-state index is 0.148. The Kier molecular flexibility index (Phi) is 5.47. The van der Waals surface area contributed by atoms with Crippen molar-refractivity contribution in [3.05, 3.63) is 48.2 Å². The molecule has 1 aliphatic rings. The number of hydrogen-bond acceptors (Lipinski definition) is 5. The van der Waals surface area contributed by atoms with Crippen LogP contribution in [0.3, 0.4) is 0 Å². The molecule has 1 aliphatic heterocycles. The Morgan fingerprint density at radius 1 is 0.852 bits per heavy atom. The maximum atomic E-state index is 12.5. The summed E-state index contributed by atoms with van der Waals surface area (Å²) in [5, 5.41) is 0.148. The van der Waals surface area contributed by atoms with Gasteiger partial charge in [0.05, 0.1) is 16.6 Å². The highest BCUT2D eigenvalue weighted by molar-refractivity contribution is 7.92. The van der Waals surface area contributed by atoms with Gasteiger partial charge >= 0.3 is 0 Å². The summed E-state index contributed by atoms with van der Waals surface area (Å²) >= 11 is 0. The molecule has 0 saturated carbocycles. The second kappa shape index (κ2) is 7.50. The summed E-state index contributed by atoms with van der Waals surface area (Å²) in [7, 11) is -3.42. The van der Waals surface area contributed by atoms with Crippen LogP contribution in [0.15, 0.2) is 47.6 Å². The monoisotopic (exact) mass is 387 g/mol. The van der Waals surface area contributed by atoms with Gasteiger partial charge in [-0.05, 0) is 58.4 Å². The predicted octanol–water partition coefficient (Wildman–Crippen LogP) is 3.68. The maximum absolute atomic E-state index is 12.5. The molecule has 1 saturated heterocycles. The highest BCUT2D eigenvalue weighted by Gasteiger charge is 2.32. The molecule has 0 aliphatic carbocycles. The van der Waals surface area contributed by atoms with E-state index in [-0.39, 0.29) is 5.03 Å². The molecule has 0 N–H and O–H groups in total. The smallest absolute Gasteiger partial charge is 0.200 e. The highest BCUT2D eigenvalue weighted by Crippen LogP contribution is 2.25. The third-order valence-corrected chi connectivity index (χ3v) is 7.47. The van der Waals surface area contributed by atoms with Gasteiger partial charge in [-0.25, -0.2) is 13.4 Å². The van der Waals surface area contributed by atoms with E-state index in [1.54, 1.807) is 33.0 Å². The van der Waals surface area contributed by atoms with Crippen molar-refractivity contribution in [2.24, 2.45) is 0 Å². The zero-order chi connectivity index (χ0) is 19.7. The Labute approximate surface area is 162 Å². The molecule has 2 aromatic rings. The number of benzene rings is 1. The van der Waals surface area contributed by atoms with E-state index >= 15 is 0 Å². The minimum atomic E-state index is -3.42. The van der Waals surface area contributed by atoms with E-state index in [1.165, 1.54) is 11.3 Å². The SMILES string of the molecule is Cc1ccc(N2CCCN(c3ccc(S(=O)(=O)C(C)(C)C)nc3)CC2)cc1. The zero-order valence-corrected chi connectivity index (χ0v) is 17.5. The van der Waals surface area contributed by atoms with Gasteiger partial charge in [-0.15, -0.1) is 0 Å². The van der Waals surface area contributed by atoms with Gasteiger partial charge < -0.3 is 9.80 Å².